The Morgan fingerprint density at radius 2 is 1.37 bits per heavy atom. The number of hydrogen-bond donors (Lipinski definition) is 0. The van der Waals surface area contributed by atoms with Gasteiger partial charge in [0, 0.05) is 22.7 Å². The number of rotatable bonds is 3. The zero-order valence-corrected chi connectivity index (χ0v) is 14.3. The molecule has 5 heteroatoms. The van der Waals surface area contributed by atoms with Crippen LogP contribution in [-0.2, 0) is 0 Å². The topological polar surface area (TPSA) is 64.7 Å². The first kappa shape index (κ1) is 15.4. The van der Waals surface area contributed by atoms with Crippen molar-refractivity contribution in [2.75, 3.05) is 0 Å². The van der Waals surface area contributed by atoms with Crippen LogP contribution >= 0.6 is 0 Å². The molecule has 0 saturated carbocycles. The largest absolute Gasteiger partial charge is 0.416 e. The summed E-state index contributed by atoms with van der Waals surface area (Å²) in [5.41, 5.74) is 4.09. The summed E-state index contributed by atoms with van der Waals surface area (Å²) in [7, 11) is 0. The van der Waals surface area contributed by atoms with Crippen molar-refractivity contribution in [3.05, 3.63) is 85.1 Å². The van der Waals surface area contributed by atoms with Gasteiger partial charge in [0.1, 0.15) is 0 Å². The van der Waals surface area contributed by atoms with E-state index in [1.165, 1.54) is 0 Å². The number of nitrogens with zero attached hydrogens (tertiary/aromatic N) is 4. The van der Waals surface area contributed by atoms with Gasteiger partial charge < -0.3 is 4.42 Å². The molecule has 0 aliphatic rings. The van der Waals surface area contributed by atoms with Crippen LogP contribution in [0.4, 0.5) is 0 Å². The highest BCUT2D eigenvalue weighted by Gasteiger charge is 2.17. The normalized spacial score (nSPS) is 11.0. The summed E-state index contributed by atoms with van der Waals surface area (Å²) in [5.74, 6) is 0.918. The van der Waals surface area contributed by atoms with Crippen molar-refractivity contribution in [3.8, 4) is 34.2 Å². The minimum absolute atomic E-state index is 0.436. The number of aromatic nitrogens is 4. The van der Waals surface area contributed by atoms with E-state index in [9.17, 15) is 0 Å². The van der Waals surface area contributed by atoms with Crippen molar-refractivity contribution < 1.29 is 4.42 Å². The summed E-state index contributed by atoms with van der Waals surface area (Å²) in [6, 6.07) is 25.5. The standard InChI is InChI=1S/C22H14N4O/c1-3-8-15(9-4-1)19-18(14-17-12-7-13-23-20(17)24-19)22-26-25-21(27-22)16-10-5-2-6-11-16/h1-14H. The SMILES string of the molecule is c1ccc(-c2nnc(-c3cc4cccnc4nc3-c3ccccc3)o2)cc1. The molecule has 0 amide bonds. The van der Waals surface area contributed by atoms with E-state index in [-0.39, 0.29) is 0 Å². The van der Waals surface area contributed by atoms with Crippen LogP contribution in [0.3, 0.4) is 0 Å². The van der Waals surface area contributed by atoms with Gasteiger partial charge in [-0.3, -0.25) is 0 Å². The minimum atomic E-state index is 0.436. The molecule has 0 spiro atoms. The predicted molar refractivity (Wildman–Crippen MR) is 104 cm³/mol. The average Bonchev–Trinajstić information content (AvgIpc) is 3.24. The van der Waals surface area contributed by atoms with E-state index in [0.29, 0.717) is 17.4 Å². The maximum absolute atomic E-state index is 5.98. The molecule has 0 unspecified atom stereocenters. The molecule has 0 atom stereocenters. The lowest BCUT2D eigenvalue weighted by molar-refractivity contribution is 0.584. The Kier molecular flexibility index (Phi) is 3.68. The van der Waals surface area contributed by atoms with Gasteiger partial charge in [-0.2, -0.15) is 0 Å². The maximum atomic E-state index is 5.98. The van der Waals surface area contributed by atoms with Crippen LogP contribution in [0.15, 0.2) is 89.5 Å². The Hall–Kier alpha value is -3.86. The van der Waals surface area contributed by atoms with E-state index in [1.807, 2.05) is 78.9 Å². The molecule has 0 fully saturated rings. The van der Waals surface area contributed by atoms with Crippen LogP contribution < -0.4 is 0 Å². The second kappa shape index (κ2) is 6.46. The van der Waals surface area contributed by atoms with Crippen molar-refractivity contribution in [1.82, 2.24) is 20.2 Å². The highest BCUT2D eigenvalue weighted by molar-refractivity contribution is 5.88. The number of hydrogen-bond acceptors (Lipinski definition) is 5. The molecule has 5 aromatic rings. The molecule has 5 nitrogen and oxygen atoms in total. The molecular weight excluding hydrogens is 336 g/mol. The predicted octanol–water partition coefficient (Wildman–Crippen LogP) is 5.01. The molecule has 3 aromatic heterocycles. The van der Waals surface area contributed by atoms with Crippen LogP contribution in [0.5, 0.6) is 0 Å². The van der Waals surface area contributed by atoms with E-state index in [4.69, 9.17) is 9.40 Å². The third kappa shape index (κ3) is 2.85. The lowest BCUT2D eigenvalue weighted by atomic mass is 10.0. The number of benzene rings is 2. The maximum Gasteiger partial charge on any atom is 0.250 e. The quantitative estimate of drug-likeness (QED) is 0.457. The van der Waals surface area contributed by atoms with E-state index >= 15 is 0 Å². The smallest absolute Gasteiger partial charge is 0.250 e. The van der Waals surface area contributed by atoms with Gasteiger partial charge in [-0.15, -0.1) is 10.2 Å². The molecular formula is C22H14N4O. The third-order valence-corrected chi connectivity index (χ3v) is 4.31. The molecule has 2 aromatic carbocycles. The zero-order chi connectivity index (χ0) is 18.1. The van der Waals surface area contributed by atoms with Gasteiger partial charge in [0.25, 0.3) is 0 Å². The fourth-order valence-electron chi connectivity index (χ4n) is 3.01. The fourth-order valence-corrected chi connectivity index (χ4v) is 3.01. The number of fused-ring (bicyclic) bond motifs is 1. The summed E-state index contributed by atoms with van der Waals surface area (Å²) in [6.45, 7) is 0. The van der Waals surface area contributed by atoms with E-state index in [0.717, 1.165) is 27.8 Å². The van der Waals surface area contributed by atoms with E-state index < -0.39 is 0 Å². The molecule has 0 aliphatic carbocycles. The fraction of sp³-hybridized carbons (Fsp3) is 0. The van der Waals surface area contributed by atoms with Crippen molar-refractivity contribution >= 4 is 11.0 Å². The monoisotopic (exact) mass is 350 g/mol. The average molecular weight is 350 g/mol. The first-order valence-electron chi connectivity index (χ1n) is 8.59. The van der Waals surface area contributed by atoms with E-state index in [1.54, 1.807) is 6.20 Å². The van der Waals surface area contributed by atoms with Gasteiger partial charge in [-0.1, -0.05) is 48.5 Å². The molecule has 5 rings (SSSR count). The van der Waals surface area contributed by atoms with E-state index in [2.05, 4.69) is 15.2 Å². The van der Waals surface area contributed by atoms with Gasteiger partial charge in [-0.05, 0) is 30.3 Å². The van der Waals surface area contributed by atoms with Crippen molar-refractivity contribution in [1.29, 1.82) is 0 Å². The number of pyridine rings is 2. The first-order valence-corrected chi connectivity index (χ1v) is 8.59. The summed E-state index contributed by atoms with van der Waals surface area (Å²) in [6.07, 6.45) is 1.74. The Morgan fingerprint density at radius 3 is 2.15 bits per heavy atom. The minimum Gasteiger partial charge on any atom is -0.416 e. The molecule has 0 N–H and O–H groups in total. The van der Waals surface area contributed by atoms with Crippen LogP contribution in [-0.4, -0.2) is 20.2 Å². The molecule has 128 valence electrons. The van der Waals surface area contributed by atoms with Crippen molar-refractivity contribution in [2.45, 2.75) is 0 Å². The molecule has 3 heterocycles. The molecule has 0 bridgehead atoms. The van der Waals surface area contributed by atoms with Crippen LogP contribution in [0, 0.1) is 0 Å². The summed E-state index contributed by atoms with van der Waals surface area (Å²) < 4.78 is 5.98. The van der Waals surface area contributed by atoms with Gasteiger partial charge in [0.15, 0.2) is 5.65 Å². The summed E-state index contributed by atoms with van der Waals surface area (Å²) in [5, 5.41) is 9.42. The first-order chi connectivity index (χ1) is 13.4. The van der Waals surface area contributed by atoms with Gasteiger partial charge in [0.05, 0.1) is 11.3 Å². The lowest BCUT2D eigenvalue weighted by Crippen LogP contribution is -1.93. The van der Waals surface area contributed by atoms with Crippen molar-refractivity contribution in [3.63, 3.8) is 0 Å². The highest BCUT2D eigenvalue weighted by Crippen LogP contribution is 2.33. The summed E-state index contributed by atoms with van der Waals surface area (Å²) in [4.78, 5) is 9.14. The van der Waals surface area contributed by atoms with Crippen LogP contribution in [0.1, 0.15) is 0 Å². The third-order valence-electron chi connectivity index (χ3n) is 4.31. The van der Waals surface area contributed by atoms with Crippen molar-refractivity contribution in [2.24, 2.45) is 0 Å². The second-order valence-corrected chi connectivity index (χ2v) is 6.08. The second-order valence-electron chi connectivity index (χ2n) is 6.08. The molecule has 0 saturated heterocycles. The van der Waals surface area contributed by atoms with Crippen LogP contribution in [0.25, 0.3) is 45.2 Å². The lowest BCUT2D eigenvalue weighted by Gasteiger charge is -2.07. The Bertz CT molecular complexity index is 1220. The molecule has 0 radical (unpaired) electrons. The zero-order valence-electron chi connectivity index (χ0n) is 14.3. The van der Waals surface area contributed by atoms with Gasteiger partial charge in [-0.25, -0.2) is 9.97 Å². The van der Waals surface area contributed by atoms with Gasteiger partial charge in [0.2, 0.25) is 11.8 Å². The Balaban J connectivity index is 1.71. The van der Waals surface area contributed by atoms with Gasteiger partial charge >= 0.3 is 0 Å². The Labute approximate surface area is 155 Å². The summed E-state index contributed by atoms with van der Waals surface area (Å²) >= 11 is 0. The van der Waals surface area contributed by atoms with Crippen LogP contribution in [0.2, 0.25) is 0 Å². The highest BCUT2D eigenvalue weighted by atomic mass is 16.4. The Morgan fingerprint density at radius 1 is 0.667 bits per heavy atom. The molecule has 0 aliphatic heterocycles. The molecule has 27 heavy (non-hydrogen) atoms.